The number of hydrogen-bond donors (Lipinski definition) is 2. The van der Waals surface area contributed by atoms with Gasteiger partial charge < -0.3 is 24.8 Å². The van der Waals surface area contributed by atoms with E-state index in [9.17, 15) is 4.79 Å². The van der Waals surface area contributed by atoms with Gasteiger partial charge >= 0.3 is 6.03 Å². The van der Waals surface area contributed by atoms with Gasteiger partial charge in [-0.2, -0.15) is 0 Å². The fraction of sp³-hybridized carbons (Fsp3) is 0.824. The van der Waals surface area contributed by atoms with Crippen molar-refractivity contribution >= 4 is 6.03 Å². The van der Waals surface area contributed by atoms with Crippen LogP contribution in [0.15, 0.2) is 6.20 Å². The molecule has 2 amide bonds. The van der Waals surface area contributed by atoms with E-state index in [-0.39, 0.29) is 36.4 Å². The van der Waals surface area contributed by atoms with Crippen molar-refractivity contribution in [1.29, 1.82) is 0 Å². The minimum absolute atomic E-state index is 0.0358. The highest BCUT2D eigenvalue weighted by Gasteiger charge is 2.49. The first-order valence-electron chi connectivity index (χ1n) is 9.44. The summed E-state index contributed by atoms with van der Waals surface area (Å²) >= 11 is 0. The summed E-state index contributed by atoms with van der Waals surface area (Å²) in [6.07, 6.45) is 7.35. The average molecular weight is 365 g/mol. The Hall–Kier alpha value is -1.71. The molecule has 2 saturated heterocycles. The molecule has 0 aromatic carbocycles. The Kier molecular flexibility index (Phi) is 5.37. The number of hydrogen-bond acceptors (Lipinski definition) is 6. The first kappa shape index (κ1) is 17.7. The van der Waals surface area contributed by atoms with Crippen LogP contribution >= 0.6 is 0 Å². The number of methoxy groups -OCH3 is 1. The number of aromatic nitrogens is 3. The molecule has 144 valence electrons. The third-order valence-electron chi connectivity index (χ3n) is 5.47. The Morgan fingerprint density at radius 3 is 2.85 bits per heavy atom. The highest BCUT2D eigenvalue weighted by atomic mass is 16.6. The highest BCUT2D eigenvalue weighted by molar-refractivity contribution is 5.74. The predicted molar refractivity (Wildman–Crippen MR) is 91.6 cm³/mol. The van der Waals surface area contributed by atoms with Crippen molar-refractivity contribution in [2.45, 2.75) is 69.0 Å². The number of urea groups is 1. The Labute approximate surface area is 152 Å². The first-order valence-corrected chi connectivity index (χ1v) is 9.44. The highest BCUT2D eigenvalue weighted by Crippen LogP contribution is 2.34. The van der Waals surface area contributed by atoms with Gasteiger partial charge in [-0.3, -0.25) is 0 Å². The van der Waals surface area contributed by atoms with Gasteiger partial charge in [0.1, 0.15) is 23.9 Å². The van der Waals surface area contributed by atoms with Gasteiger partial charge in [-0.05, 0) is 12.8 Å². The lowest BCUT2D eigenvalue weighted by molar-refractivity contribution is 0.0622. The van der Waals surface area contributed by atoms with Crippen LogP contribution in [-0.2, 0) is 20.8 Å². The minimum Gasteiger partial charge on any atom is -0.378 e. The van der Waals surface area contributed by atoms with E-state index < -0.39 is 0 Å². The number of nitrogens with one attached hydrogen (secondary N) is 2. The molecule has 3 heterocycles. The van der Waals surface area contributed by atoms with Crippen molar-refractivity contribution in [2.24, 2.45) is 0 Å². The number of rotatable bonds is 5. The molecule has 0 bridgehead atoms. The standard InChI is InChI=1S/C17H27N5O4/c1-24-8-12-7-22(21-20-12)14-10-26-15-13(9-25-16(14)15)19-17(23)18-11-5-3-2-4-6-11/h7,11,13-16H,2-6,8-10H2,1H3,(H2,18,19,23)/t13-,14+,15-,16+/m0/s1. The summed E-state index contributed by atoms with van der Waals surface area (Å²) in [5.74, 6) is 0. The van der Waals surface area contributed by atoms with E-state index >= 15 is 0 Å². The zero-order valence-electron chi connectivity index (χ0n) is 15.1. The molecule has 0 unspecified atom stereocenters. The second kappa shape index (κ2) is 7.89. The van der Waals surface area contributed by atoms with Crippen molar-refractivity contribution in [3.63, 3.8) is 0 Å². The Morgan fingerprint density at radius 2 is 2.04 bits per heavy atom. The molecular weight excluding hydrogens is 338 g/mol. The number of nitrogens with zero attached hydrogens (tertiary/aromatic N) is 3. The summed E-state index contributed by atoms with van der Waals surface area (Å²) in [5.41, 5.74) is 0.774. The number of carbonyl (C=O) groups excluding carboxylic acids is 1. The molecule has 9 heteroatoms. The monoisotopic (exact) mass is 365 g/mol. The van der Waals surface area contributed by atoms with Gasteiger partial charge in [0.2, 0.25) is 0 Å². The maximum atomic E-state index is 12.3. The molecule has 2 N–H and O–H groups in total. The van der Waals surface area contributed by atoms with Gasteiger partial charge in [0, 0.05) is 13.2 Å². The zero-order chi connectivity index (χ0) is 17.9. The van der Waals surface area contributed by atoms with Crippen LogP contribution in [-0.4, -0.2) is 65.6 Å². The van der Waals surface area contributed by atoms with Crippen molar-refractivity contribution < 1.29 is 19.0 Å². The second-order valence-electron chi connectivity index (χ2n) is 7.35. The van der Waals surface area contributed by atoms with Gasteiger partial charge in [-0.25, -0.2) is 9.48 Å². The van der Waals surface area contributed by atoms with Crippen LogP contribution in [0.25, 0.3) is 0 Å². The molecule has 0 radical (unpaired) electrons. The maximum absolute atomic E-state index is 12.3. The molecule has 4 atom stereocenters. The van der Waals surface area contributed by atoms with E-state index in [1.165, 1.54) is 19.3 Å². The van der Waals surface area contributed by atoms with Crippen molar-refractivity contribution in [3.8, 4) is 0 Å². The van der Waals surface area contributed by atoms with E-state index in [0.29, 0.717) is 19.8 Å². The van der Waals surface area contributed by atoms with E-state index in [1.807, 2.05) is 6.20 Å². The van der Waals surface area contributed by atoms with Crippen LogP contribution in [0.2, 0.25) is 0 Å². The summed E-state index contributed by atoms with van der Waals surface area (Å²) in [6.45, 7) is 1.37. The lowest BCUT2D eigenvalue weighted by atomic mass is 9.96. The zero-order valence-corrected chi connectivity index (χ0v) is 15.1. The van der Waals surface area contributed by atoms with Gasteiger partial charge in [0.15, 0.2) is 0 Å². The number of amides is 2. The second-order valence-corrected chi connectivity index (χ2v) is 7.35. The normalized spacial score (nSPS) is 31.7. The Bertz CT molecular complexity index is 618. The average Bonchev–Trinajstić information content (AvgIpc) is 3.34. The Morgan fingerprint density at radius 1 is 1.23 bits per heavy atom. The van der Waals surface area contributed by atoms with Gasteiger partial charge in [0.05, 0.1) is 32.1 Å². The number of carbonyl (C=O) groups is 1. The molecule has 2 aliphatic heterocycles. The molecule has 1 aromatic heterocycles. The fourth-order valence-corrected chi connectivity index (χ4v) is 4.16. The van der Waals surface area contributed by atoms with Crippen LogP contribution in [0.4, 0.5) is 4.79 Å². The van der Waals surface area contributed by atoms with Gasteiger partial charge in [-0.15, -0.1) is 5.10 Å². The lowest BCUT2D eigenvalue weighted by Gasteiger charge is -2.24. The largest absolute Gasteiger partial charge is 0.378 e. The van der Waals surface area contributed by atoms with Gasteiger partial charge in [0.25, 0.3) is 0 Å². The lowest BCUT2D eigenvalue weighted by Crippen LogP contribution is -2.50. The molecular formula is C17H27N5O4. The molecule has 3 fully saturated rings. The fourth-order valence-electron chi connectivity index (χ4n) is 4.16. The van der Waals surface area contributed by atoms with Crippen LogP contribution in [0, 0.1) is 0 Å². The summed E-state index contributed by atoms with van der Waals surface area (Å²) < 4.78 is 18.7. The van der Waals surface area contributed by atoms with E-state index in [1.54, 1.807) is 11.8 Å². The molecule has 1 aromatic rings. The van der Waals surface area contributed by atoms with Crippen molar-refractivity contribution in [3.05, 3.63) is 11.9 Å². The predicted octanol–water partition coefficient (Wildman–Crippen LogP) is 0.764. The maximum Gasteiger partial charge on any atom is 0.315 e. The SMILES string of the molecule is COCc1cn([C@@H]2CO[C@@H]3[C@@H]2OC[C@@H]3NC(=O)NC2CCCCC2)nn1. The minimum atomic E-state index is -0.160. The summed E-state index contributed by atoms with van der Waals surface area (Å²) in [6, 6.07) is -0.0170. The molecule has 0 spiro atoms. The van der Waals surface area contributed by atoms with Crippen molar-refractivity contribution in [2.75, 3.05) is 20.3 Å². The van der Waals surface area contributed by atoms with E-state index in [0.717, 1.165) is 18.5 Å². The van der Waals surface area contributed by atoms with Crippen LogP contribution in [0.5, 0.6) is 0 Å². The Balaban J connectivity index is 1.32. The van der Waals surface area contributed by atoms with Crippen LogP contribution in [0.1, 0.15) is 43.8 Å². The summed E-state index contributed by atoms with van der Waals surface area (Å²) in [5, 5.41) is 14.4. The molecule has 26 heavy (non-hydrogen) atoms. The molecule has 4 rings (SSSR count). The molecule has 1 saturated carbocycles. The quantitative estimate of drug-likeness (QED) is 0.799. The summed E-state index contributed by atoms with van der Waals surface area (Å²) in [7, 11) is 1.63. The van der Waals surface area contributed by atoms with Crippen LogP contribution < -0.4 is 10.6 Å². The number of fused-ring (bicyclic) bond motifs is 1. The van der Waals surface area contributed by atoms with E-state index in [2.05, 4.69) is 20.9 Å². The van der Waals surface area contributed by atoms with E-state index in [4.69, 9.17) is 14.2 Å². The third-order valence-corrected chi connectivity index (χ3v) is 5.47. The third kappa shape index (κ3) is 3.70. The molecule has 1 aliphatic carbocycles. The number of ether oxygens (including phenoxy) is 3. The van der Waals surface area contributed by atoms with Gasteiger partial charge in [-0.1, -0.05) is 24.5 Å². The van der Waals surface area contributed by atoms with Crippen molar-refractivity contribution in [1.82, 2.24) is 25.6 Å². The molecule has 9 nitrogen and oxygen atoms in total. The topological polar surface area (TPSA) is 99.5 Å². The smallest absolute Gasteiger partial charge is 0.315 e. The van der Waals surface area contributed by atoms with Crippen LogP contribution in [0.3, 0.4) is 0 Å². The summed E-state index contributed by atoms with van der Waals surface area (Å²) in [4.78, 5) is 12.3. The molecule has 3 aliphatic rings. The first-order chi connectivity index (χ1) is 12.7.